The van der Waals surface area contributed by atoms with Gasteiger partial charge >= 0.3 is 0 Å². The fraction of sp³-hybridized carbons (Fsp3) is 0.105. The number of rotatable bonds is 4. The molecule has 2 heteroatoms. The summed E-state index contributed by atoms with van der Waals surface area (Å²) in [5.41, 5.74) is 4.26. The minimum atomic E-state index is -0.129. The van der Waals surface area contributed by atoms with Gasteiger partial charge in [0.15, 0.2) is 0 Å². The molecule has 1 amide bonds. The zero-order valence-corrected chi connectivity index (χ0v) is 12.3. The lowest BCUT2D eigenvalue weighted by molar-refractivity contribution is -0.111. The molecule has 0 aliphatic heterocycles. The van der Waals surface area contributed by atoms with E-state index in [1.54, 1.807) is 6.08 Å². The van der Waals surface area contributed by atoms with Crippen LogP contribution in [-0.2, 0) is 4.79 Å². The maximum atomic E-state index is 11.8. The molecule has 21 heavy (non-hydrogen) atoms. The van der Waals surface area contributed by atoms with E-state index in [9.17, 15) is 4.79 Å². The van der Waals surface area contributed by atoms with Crippen molar-refractivity contribution in [2.45, 2.75) is 13.8 Å². The number of benzene rings is 2. The lowest BCUT2D eigenvalue weighted by Crippen LogP contribution is -2.07. The van der Waals surface area contributed by atoms with Gasteiger partial charge in [-0.1, -0.05) is 54.6 Å². The number of carbonyl (C=O) groups is 1. The summed E-state index contributed by atoms with van der Waals surface area (Å²) in [7, 11) is 0. The summed E-state index contributed by atoms with van der Waals surface area (Å²) in [5.74, 6) is -0.129. The summed E-state index contributed by atoms with van der Waals surface area (Å²) in [6.45, 7) is 3.98. The van der Waals surface area contributed by atoms with E-state index < -0.39 is 0 Å². The maximum absolute atomic E-state index is 11.8. The Balaban J connectivity index is 2.21. The number of hydrogen-bond donors (Lipinski definition) is 1. The third-order valence-electron chi connectivity index (χ3n) is 3.14. The molecular weight excluding hydrogens is 258 g/mol. The minimum absolute atomic E-state index is 0.129. The average Bonchev–Trinajstić information content (AvgIpc) is 2.50. The molecule has 0 saturated heterocycles. The molecule has 2 aromatic rings. The van der Waals surface area contributed by atoms with Crippen LogP contribution in [0.5, 0.6) is 0 Å². The van der Waals surface area contributed by atoms with Crippen LogP contribution in [0.15, 0.2) is 72.8 Å². The summed E-state index contributed by atoms with van der Waals surface area (Å²) in [4.78, 5) is 11.8. The molecule has 0 unspecified atom stereocenters. The van der Waals surface area contributed by atoms with Gasteiger partial charge in [-0.2, -0.15) is 0 Å². The molecule has 2 nitrogen and oxygen atoms in total. The van der Waals surface area contributed by atoms with Crippen molar-refractivity contribution < 1.29 is 4.79 Å². The van der Waals surface area contributed by atoms with Crippen molar-refractivity contribution in [2.24, 2.45) is 0 Å². The van der Waals surface area contributed by atoms with Crippen molar-refractivity contribution in [3.63, 3.8) is 0 Å². The van der Waals surface area contributed by atoms with E-state index in [0.29, 0.717) is 0 Å². The first-order valence-electron chi connectivity index (χ1n) is 6.97. The Morgan fingerprint density at radius 1 is 1.05 bits per heavy atom. The predicted octanol–water partition coefficient (Wildman–Crippen LogP) is 4.73. The molecule has 0 heterocycles. The molecule has 2 rings (SSSR count). The first kappa shape index (κ1) is 14.8. The van der Waals surface area contributed by atoms with Crippen LogP contribution >= 0.6 is 0 Å². The highest BCUT2D eigenvalue weighted by Gasteiger charge is 2.04. The Labute approximate surface area is 125 Å². The Kier molecular flexibility index (Phi) is 5.10. The SMILES string of the molecule is C/C=C/C=C/C(=O)Nc1ccc(C)c(-c2ccccc2)c1. The van der Waals surface area contributed by atoms with E-state index in [0.717, 1.165) is 16.8 Å². The monoisotopic (exact) mass is 277 g/mol. The molecule has 0 aliphatic rings. The molecular formula is C19H19NO. The van der Waals surface area contributed by atoms with Gasteiger partial charge in [-0.3, -0.25) is 4.79 Å². The summed E-state index contributed by atoms with van der Waals surface area (Å²) in [6, 6.07) is 16.1. The quantitative estimate of drug-likeness (QED) is 0.635. The summed E-state index contributed by atoms with van der Waals surface area (Å²) < 4.78 is 0. The number of aryl methyl sites for hydroxylation is 1. The summed E-state index contributed by atoms with van der Waals surface area (Å²) >= 11 is 0. The van der Waals surface area contributed by atoms with Crippen LogP contribution in [0.1, 0.15) is 12.5 Å². The number of anilines is 1. The Morgan fingerprint density at radius 2 is 1.81 bits per heavy atom. The van der Waals surface area contributed by atoms with Crippen LogP contribution < -0.4 is 5.32 Å². The minimum Gasteiger partial charge on any atom is -0.322 e. The number of carbonyl (C=O) groups excluding carboxylic acids is 1. The number of amides is 1. The first-order valence-corrected chi connectivity index (χ1v) is 6.97. The fourth-order valence-corrected chi connectivity index (χ4v) is 2.07. The van der Waals surface area contributed by atoms with Gasteiger partial charge in [0, 0.05) is 11.8 Å². The van der Waals surface area contributed by atoms with Gasteiger partial charge in [0.05, 0.1) is 0 Å². The van der Waals surface area contributed by atoms with Crippen molar-refractivity contribution in [2.75, 3.05) is 5.32 Å². The van der Waals surface area contributed by atoms with Crippen LogP contribution in [0.2, 0.25) is 0 Å². The first-order chi connectivity index (χ1) is 10.2. The summed E-state index contributed by atoms with van der Waals surface area (Å²) in [5, 5.41) is 2.88. The van der Waals surface area contributed by atoms with Gasteiger partial charge in [0.25, 0.3) is 0 Å². The van der Waals surface area contributed by atoms with E-state index in [-0.39, 0.29) is 5.91 Å². The second-order valence-corrected chi connectivity index (χ2v) is 4.77. The smallest absolute Gasteiger partial charge is 0.248 e. The Hall–Kier alpha value is -2.61. The standard InChI is InChI=1S/C19H19NO/c1-3-4-6-11-19(21)20-17-13-12-15(2)18(14-17)16-9-7-5-8-10-16/h3-14H,1-2H3,(H,20,21)/b4-3+,11-6+. The van der Waals surface area contributed by atoms with Crippen LogP contribution in [-0.4, -0.2) is 5.91 Å². The van der Waals surface area contributed by atoms with Crippen molar-refractivity contribution in [1.82, 2.24) is 0 Å². The zero-order chi connectivity index (χ0) is 15.1. The number of nitrogens with one attached hydrogen (secondary N) is 1. The Morgan fingerprint density at radius 3 is 2.52 bits per heavy atom. The number of hydrogen-bond acceptors (Lipinski definition) is 1. The Bertz CT molecular complexity index is 669. The zero-order valence-electron chi connectivity index (χ0n) is 12.3. The molecule has 1 N–H and O–H groups in total. The van der Waals surface area contributed by atoms with Gasteiger partial charge in [0.2, 0.25) is 5.91 Å². The predicted molar refractivity (Wildman–Crippen MR) is 89.2 cm³/mol. The van der Waals surface area contributed by atoms with Gasteiger partial charge < -0.3 is 5.32 Å². The van der Waals surface area contributed by atoms with E-state index in [4.69, 9.17) is 0 Å². The molecule has 2 aromatic carbocycles. The topological polar surface area (TPSA) is 29.1 Å². The van der Waals surface area contributed by atoms with E-state index in [2.05, 4.69) is 24.4 Å². The van der Waals surface area contributed by atoms with Crippen LogP contribution in [0.3, 0.4) is 0 Å². The number of allylic oxidation sites excluding steroid dienone is 3. The van der Waals surface area contributed by atoms with Crippen molar-refractivity contribution in [3.8, 4) is 11.1 Å². The summed E-state index contributed by atoms with van der Waals surface area (Å²) in [6.07, 6.45) is 6.94. The van der Waals surface area contributed by atoms with E-state index >= 15 is 0 Å². The molecule has 0 bridgehead atoms. The normalized spacial score (nSPS) is 11.1. The molecule has 0 aromatic heterocycles. The van der Waals surface area contributed by atoms with E-state index in [1.807, 2.05) is 55.5 Å². The second kappa shape index (κ2) is 7.25. The average molecular weight is 277 g/mol. The van der Waals surface area contributed by atoms with Crippen molar-refractivity contribution in [1.29, 1.82) is 0 Å². The molecule has 0 spiro atoms. The van der Waals surface area contributed by atoms with Crippen molar-refractivity contribution in [3.05, 3.63) is 78.4 Å². The van der Waals surface area contributed by atoms with Crippen LogP contribution in [0, 0.1) is 6.92 Å². The van der Waals surface area contributed by atoms with Gasteiger partial charge in [0.1, 0.15) is 0 Å². The third kappa shape index (κ3) is 4.18. The highest BCUT2D eigenvalue weighted by Crippen LogP contribution is 2.26. The van der Waals surface area contributed by atoms with Gasteiger partial charge in [-0.25, -0.2) is 0 Å². The highest BCUT2D eigenvalue weighted by atomic mass is 16.1. The molecule has 106 valence electrons. The van der Waals surface area contributed by atoms with Crippen LogP contribution in [0.4, 0.5) is 5.69 Å². The van der Waals surface area contributed by atoms with Gasteiger partial charge in [-0.15, -0.1) is 0 Å². The highest BCUT2D eigenvalue weighted by molar-refractivity contribution is 5.99. The lowest BCUT2D eigenvalue weighted by atomic mass is 10.00. The molecule has 0 saturated carbocycles. The molecule has 0 fully saturated rings. The largest absolute Gasteiger partial charge is 0.322 e. The molecule has 0 atom stereocenters. The van der Waals surface area contributed by atoms with Crippen LogP contribution in [0.25, 0.3) is 11.1 Å². The lowest BCUT2D eigenvalue weighted by Gasteiger charge is -2.09. The van der Waals surface area contributed by atoms with E-state index in [1.165, 1.54) is 11.6 Å². The fourth-order valence-electron chi connectivity index (χ4n) is 2.07. The van der Waals surface area contributed by atoms with Gasteiger partial charge in [-0.05, 0) is 42.7 Å². The maximum Gasteiger partial charge on any atom is 0.248 e. The molecule has 0 aliphatic carbocycles. The molecule has 0 radical (unpaired) electrons. The third-order valence-corrected chi connectivity index (χ3v) is 3.14. The second-order valence-electron chi connectivity index (χ2n) is 4.77. The van der Waals surface area contributed by atoms with Crippen molar-refractivity contribution >= 4 is 11.6 Å².